The maximum atomic E-state index is 10.9. The number of fused-ring (bicyclic) bond motifs is 1. The van der Waals surface area contributed by atoms with E-state index in [9.17, 15) is 15.0 Å². The molecule has 1 aliphatic rings. The predicted octanol–water partition coefficient (Wildman–Crippen LogP) is 3.11. The normalized spacial score (nSPS) is 17.4. The third kappa shape index (κ3) is 4.40. The van der Waals surface area contributed by atoms with Gasteiger partial charge in [-0.25, -0.2) is 0 Å². The van der Waals surface area contributed by atoms with Crippen molar-refractivity contribution in [3.8, 4) is 23.0 Å². The number of hydrogen-bond acceptors (Lipinski definition) is 7. The summed E-state index contributed by atoms with van der Waals surface area (Å²) in [6.45, 7) is 1.63. The van der Waals surface area contributed by atoms with Gasteiger partial charge in [-0.2, -0.15) is 0 Å². The smallest absolute Gasteiger partial charge is 0.302 e. The molecule has 3 rings (SSSR count). The molecule has 1 aliphatic heterocycles. The van der Waals surface area contributed by atoms with E-state index in [1.807, 2.05) is 12.1 Å². The second kappa shape index (κ2) is 9.05. The lowest BCUT2D eigenvalue weighted by Crippen LogP contribution is -2.13. The number of rotatable bonds is 8. The Bertz CT molecular complexity index is 878. The van der Waals surface area contributed by atoms with Crippen LogP contribution >= 0.6 is 0 Å². The number of carbonyl (C=O) groups excluding carboxylic acids is 1. The molecule has 0 amide bonds. The fraction of sp³-hybridized carbons (Fsp3) is 0.409. The minimum absolute atomic E-state index is 0.0416. The van der Waals surface area contributed by atoms with Crippen molar-refractivity contribution in [2.45, 2.75) is 31.8 Å². The van der Waals surface area contributed by atoms with Gasteiger partial charge in [-0.3, -0.25) is 4.79 Å². The lowest BCUT2D eigenvalue weighted by molar-refractivity contribution is -0.141. The van der Waals surface area contributed by atoms with Crippen molar-refractivity contribution in [2.75, 3.05) is 27.4 Å². The van der Waals surface area contributed by atoms with Gasteiger partial charge in [0.05, 0.1) is 33.4 Å². The molecule has 29 heavy (non-hydrogen) atoms. The number of phenolic OH excluding ortho intramolecular Hbond substituents is 1. The third-order valence-corrected chi connectivity index (χ3v) is 5.02. The highest BCUT2D eigenvalue weighted by molar-refractivity contribution is 5.65. The molecular formula is C22H26O7. The molecule has 156 valence electrons. The highest BCUT2D eigenvalue weighted by Crippen LogP contribution is 2.51. The van der Waals surface area contributed by atoms with Crippen molar-refractivity contribution in [3.63, 3.8) is 0 Å². The number of ether oxygens (including phenoxy) is 4. The van der Waals surface area contributed by atoms with Crippen LogP contribution in [-0.2, 0) is 16.0 Å². The van der Waals surface area contributed by atoms with Crippen LogP contribution in [0.5, 0.6) is 23.0 Å². The molecule has 0 radical (unpaired) electrons. The summed E-state index contributed by atoms with van der Waals surface area (Å²) in [4.78, 5) is 10.9. The average molecular weight is 402 g/mol. The number of phenols is 1. The van der Waals surface area contributed by atoms with Crippen LogP contribution in [0.2, 0.25) is 0 Å². The predicted molar refractivity (Wildman–Crippen MR) is 106 cm³/mol. The molecule has 2 unspecified atom stereocenters. The lowest BCUT2D eigenvalue weighted by atomic mass is 9.90. The molecule has 2 atom stereocenters. The fourth-order valence-electron chi connectivity index (χ4n) is 3.61. The molecule has 0 saturated heterocycles. The molecule has 0 fully saturated rings. The lowest BCUT2D eigenvalue weighted by Gasteiger charge is -2.18. The molecule has 0 bridgehead atoms. The zero-order valence-electron chi connectivity index (χ0n) is 16.8. The van der Waals surface area contributed by atoms with Gasteiger partial charge in [-0.1, -0.05) is 12.1 Å². The van der Waals surface area contributed by atoms with E-state index in [0.29, 0.717) is 36.7 Å². The quantitative estimate of drug-likeness (QED) is 0.517. The summed E-state index contributed by atoms with van der Waals surface area (Å²) in [7, 11) is 3.06. The molecule has 7 heteroatoms. The zero-order valence-corrected chi connectivity index (χ0v) is 16.8. The van der Waals surface area contributed by atoms with Crippen molar-refractivity contribution < 1.29 is 34.0 Å². The standard InChI is InChI=1S/C22H26O7/c1-13(24)28-8-4-5-14-9-16-17(12-23)21(29-22(16)20(10-14)27-3)15-6-7-18(25)19(11-15)26-2/h6-7,9-11,17,21,23,25H,4-5,8,12H2,1-3H3. The third-order valence-electron chi connectivity index (χ3n) is 5.02. The van der Waals surface area contributed by atoms with E-state index in [4.69, 9.17) is 18.9 Å². The van der Waals surface area contributed by atoms with Gasteiger partial charge in [0.1, 0.15) is 6.10 Å². The van der Waals surface area contributed by atoms with Crippen molar-refractivity contribution in [1.29, 1.82) is 0 Å². The van der Waals surface area contributed by atoms with Gasteiger partial charge in [0.2, 0.25) is 0 Å². The number of hydrogen-bond donors (Lipinski definition) is 2. The number of esters is 1. The molecule has 0 aromatic heterocycles. The SMILES string of the molecule is COc1cc(C2Oc3c(OC)cc(CCCOC(C)=O)cc3C2CO)ccc1O. The first-order valence-electron chi connectivity index (χ1n) is 9.47. The number of aryl methyl sites for hydroxylation is 1. The number of benzene rings is 2. The number of aliphatic hydroxyl groups is 1. The summed E-state index contributed by atoms with van der Waals surface area (Å²) >= 11 is 0. The molecular weight excluding hydrogens is 376 g/mol. The molecule has 1 heterocycles. The average Bonchev–Trinajstić information content (AvgIpc) is 3.09. The van der Waals surface area contributed by atoms with E-state index in [-0.39, 0.29) is 24.2 Å². The Morgan fingerprint density at radius 1 is 1.14 bits per heavy atom. The summed E-state index contributed by atoms with van der Waals surface area (Å²) in [5.74, 6) is 1.000. The van der Waals surface area contributed by atoms with E-state index in [1.165, 1.54) is 14.0 Å². The van der Waals surface area contributed by atoms with Crippen LogP contribution < -0.4 is 14.2 Å². The van der Waals surface area contributed by atoms with Crippen molar-refractivity contribution in [2.24, 2.45) is 0 Å². The molecule has 7 nitrogen and oxygen atoms in total. The first-order chi connectivity index (χ1) is 14.0. The van der Waals surface area contributed by atoms with E-state index < -0.39 is 6.10 Å². The maximum Gasteiger partial charge on any atom is 0.302 e. The summed E-state index contributed by atoms with van der Waals surface area (Å²) in [6.07, 6.45) is 0.951. The molecule has 0 saturated carbocycles. The second-order valence-electron chi connectivity index (χ2n) is 6.92. The first-order valence-corrected chi connectivity index (χ1v) is 9.47. The van der Waals surface area contributed by atoms with Gasteiger partial charge < -0.3 is 29.2 Å². The summed E-state index contributed by atoms with van der Waals surface area (Å²) in [6, 6.07) is 8.92. The Balaban J connectivity index is 1.88. The number of methoxy groups -OCH3 is 2. The topological polar surface area (TPSA) is 94.5 Å². The van der Waals surface area contributed by atoms with Gasteiger partial charge in [0.25, 0.3) is 0 Å². The van der Waals surface area contributed by atoms with Crippen LogP contribution in [0.1, 0.15) is 42.1 Å². The van der Waals surface area contributed by atoms with Crippen LogP contribution in [0.3, 0.4) is 0 Å². The van der Waals surface area contributed by atoms with Crippen LogP contribution in [-0.4, -0.2) is 43.6 Å². The zero-order chi connectivity index (χ0) is 21.0. The Morgan fingerprint density at radius 2 is 1.90 bits per heavy atom. The van der Waals surface area contributed by atoms with Crippen LogP contribution in [0.25, 0.3) is 0 Å². The number of aliphatic hydroxyl groups excluding tert-OH is 1. The van der Waals surface area contributed by atoms with E-state index >= 15 is 0 Å². The Labute approximate surface area is 169 Å². The fourth-order valence-corrected chi connectivity index (χ4v) is 3.61. The largest absolute Gasteiger partial charge is 0.504 e. The molecule has 2 aromatic rings. The van der Waals surface area contributed by atoms with Crippen LogP contribution in [0, 0.1) is 0 Å². The van der Waals surface area contributed by atoms with Gasteiger partial charge in [0, 0.05) is 12.5 Å². The summed E-state index contributed by atoms with van der Waals surface area (Å²) in [5.41, 5.74) is 2.67. The monoisotopic (exact) mass is 402 g/mol. The highest BCUT2D eigenvalue weighted by Gasteiger charge is 2.38. The van der Waals surface area contributed by atoms with Crippen LogP contribution in [0.4, 0.5) is 0 Å². The second-order valence-corrected chi connectivity index (χ2v) is 6.92. The molecule has 0 spiro atoms. The van der Waals surface area contributed by atoms with Gasteiger partial charge >= 0.3 is 5.97 Å². The molecule has 2 N–H and O–H groups in total. The van der Waals surface area contributed by atoms with Gasteiger partial charge in [-0.05, 0) is 42.2 Å². The summed E-state index contributed by atoms with van der Waals surface area (Å²) < 4.78 is 21.9. The van der Waals surface area contributed by atoms with E-state index in [0.717, 1.165) is 16.7 Å². The Kier molecular flexibility index (Phi) is 6.49. The van der Waals surface area contributed by atoms with Crippen molar-refractivity contribution >= 4 is 5.97 Å². The van der Waals surface area contributed by atoms with Crippen molar-refractivity contribution in [3.05, 3.63) is 47.0 Å². The van der Waals surface area contributed by atoms with Crippen LogP contribution in [0.15, 0.2) is 30.3 Å². The minimum atomic E-state index is -0.435. The summed E-state index contributed by atoms with van der Waals surface area (Å²) in [5, 5.41) is 20.0. The highest BCUT2D eigenvalue weighted by atomic mass is 16.5. The van der Waals surface area contributed by atoms with E-state index in [1.54, 1.807) is 25.3 Å². The van der Waals surface area contributed by atoms with E-state index in [2.05, 4.69) is 0 Å². The Hall–Kier alpha value is -2.93. The Morgan fingerprint density at radius 3 is 2.55 bits per heavy atom. The first kappa shape index (κ1) is 20.8. The minimum Gasteiger partial charge on any atom is -0.504 e. The number of carbonyl (C=O) groups is 1. The molecule has 2 aromatic carbocycles. The van der Waals surface area contributed by atoms with Crippen molar-refractivity contribution in [1.82, 2.24) is 0 Å². The van der Waals surface area contributed by atoms with Gasteiger partial charge in [-0.15, -0.1) is 0 Å². The molecule has 0 aliphatic carbocycles. The number of aromatic hydroxyl groups is 1. The van der Waals surface area contributed by atoms with Gasteiger partial charge in [0.15, 0.2) is 23.0 Å². The maximum absolute atomic E-state index is 10.9.